The smallest absolute Gasteiger partial charge is 0.494 e. The number of benzene rings is 1. The highest BCUT2D eigenvalue weighted by atomic mass is 35.5. The summed E-state index contributed by atoms with van der Waals surface area (Å²) in [6.07, 6.45) is -1.77. The highest BCUT2D eigenvalue weighted by Gasteiger charge is 2.42. The van der Waals surface area contributed by atoms with Crippen LogP contribution in [0.15, 0.2) is 60.1 Å². The van der Waals surface area contributed by atoms with Gasteiger partial charge < -0.3 is 14.7 Å². The molecule has 0 spiro atoms. The standard InChI is InChI=1S/C19H13ClF3N3O3S/c20-14-5-4-11(9-24-14)10-26-17(28)15(16(27)25-6-7-30-18(25)26)12-2-1-3-13(8-12)29-19(21,22)23/h1-9,18,28H,10H2. The molecule has 0 fully saturated rings. The fraction of sp³-hybridized carbons (Fsp3) is 0.158. The molecular weight excluding hydrogens is 443 g/mol. The predicted molar refractivity (Wildman–Crippen MR) is 105 cm³/mol. The van der Waals surface area contributed by atoms with Crippen LogP contribution in [0.2, 0.25) is 5.15 Å². The molecule has 6 nitrogen and oxygen atoms in total. The summed E-state index contributed by atoms with van der Waals surface area (Å²) in [6.45, 7) is 0.196. The molecule has 1 aromatic carbocycles. The molecule has 0 bridgehead atoms. The van der Waals surface area contributed by atoms with E-state index in [1.54, 1.807) is 34.8 Å². The van der Waals surface area contributed by atoms with Crippen molar-refractivity contribution in [3.63, 3.8) is 0 Å². The Morgan fingerprint density at radius 3 is 2.77 bits per heavy atom. The van der Waals surface area contributed by atoms with E-state index in [1.807, 2.05) is 0 Å². The Bertz CT molecular complexity index is 1040. The van der Waals surface area contributed by atoms with Crippen LogP contribution >= 0.6 is 23.4 Å². The molecule has 1 atom stereocenters. The van der Waals surface area contributed by atoms with E-state index in [4.69, 9.17) is 11.6 Å². The van der Waals surface area contributed by atoms with E-state index in [9.17, 15) is 23.1 Å². The third-order valence-corrected chi connectivity index (χ3v) is 5.60. The number of aliphatic hydroxyl groups excluding tert-OH is 1. The van der Waals surface area contributed by atoms with Crippen molar-refractivity contribution in [1.82, 2.24) is 14.8 Å². The topological polar surface area (TPSA) is 65.9 Å². The van der Waals surface area contributed by atoms with E-state index in [1.165, 1.54) is 28.8 Å². The number of alkyl halides is 3. The van der Waals surface area contributed by atoms with Crippen LogP contribution in [0.5, 0.6) is 5.75 Å². The first-order chi connectivity index (χ1) is 14.2. The van der Waals surface area contributed by atoms with E-state index in [2.05, 4.69) is 9.72 Å². The van der Waals surface area contributed by atoms with Gasteiger partial charge in [-0.1, -0.05) is 41.6 Å². The molecule has 2 aliphatic rings. The van der Waals surface area contributed by atoms with Crippen molar-refractivity contribution >= 4 is 34.8 Å². The first-order valence-electron chi connectivity index (χ1n) is 8.54. The number of aromatic nitrogens is 1. The Balaban J connectivity index is 1.74. The third-order valence-electron chi connectivity index (χ3n) is 4.37. The van der Waals surface area contributed by atoms with E-state index < -0.39 is 23.5 Å². The van der Waals surface area contributed by atoms with Crippen LogP contribution < -0.4 is 4.74 Å². The number of carbonyl (C=O) groups excluding carboxylic acids is 1. The first kappa shape index (κ1) is 20.4. The number of ether oxygens (including phenoxy) is 1. The molecule has 0 saturated carbocycles. The molecule has 3 heterocycles. The Hall–Kier alpha value is -2.85. The van der Waals surface area contributed by atoms with E-state index in [0.29, 0.717) is 5.15 Å². The van der Waals surface area contributed by atoms with Crippen molar-refractivity contribution in [3.8, 4) is 5.75 Å². The second-order valence-electron chi connectivity index (χ2n) is 6.35. The summed E-state index contributed by atoms with van der Waals surface area (Å²) in [6, 6.07) is 8.26. The van der Waals surface area contributed by atoms with Crippen LogP contribution in [0.25, 0.3) is 5.57 Å². The van der Waals surface area contributed by atoms with Gasteiger partial charge in [0.25, 0.3) is 5.91 Å². The molecule has 1 aromatic heterocycles. The van der Waals surface area contributed by atoms with Gasteiger partial charge in [-0.3, -0.25) is 9.69 Å². The average Bonchev–Trinajstić information content (AvgIpc) is 3.16. The van der Waals surface area contributed by atoms with Crippen molar-refractivity contribution in [2.24, 2.45) is 0 Å². The van der Waals surface area contributed by atoms with Gasteiger partial charge in [0.05, 0.1) is 6.54 Å². The van der Waals surface area contributed by atoms with Crippen LogP contribution in [0.3, 0.4) is 0 Å². The number of amides is 1. The number of hydrogen-bond acceptors (Lipinski definition) is 6. The number of pyridine rings is 1. The maximum Gasteiger partial charge on any atom is 0.573 e. The number of aliphatic hydroxyl groups is 1. The average molecular weight is 456 g/mol. The molecule has 1 amide bonds. The van der Waals surface area contributed by atoms with Gasteiger partial charge in [0, 0.05) is 12.4 Å². The Kier molecular flexibility index (Phi) is 5.29. The van der Waals surface area contributed by atoms with Crippen molar-refractivity contribution in [1.29, 1.82) is 0 Å². The number of halogens is 4. The second-order valence-corrected chi connectivity index (χ2v) is 7.70. The molecule has 11 heteroatoms. The number of thioether (sulfide) groups is 1. The normalized spacial score (nSPS) is 18.8. The molecule has 0 aliphatic carbocycles. The Morgan fingerprint density at radius 1 is 1.27 bits per heavy atom. The maximum atomic E-state index is 13.0. The quantitative estimate of drug-likeness (QED) is 0.674. The van der Waals surface area contributed by atoms with Crippen LogP contribution in [0.4, 0.5) is 13.2 Å². The summed E-state index contributed by atoms with van der Waals surface area (Å²) in [7, 11) is 0. The van der Waals surface area contributed by atoms with E-state index >= 15 is 0 Å². The van der Waals surface area contributed by atoms with Crippen LogP contribution in [0, 0.1) is 0 Å². The van der Waals surface area contributed by atoms with Crippen molar-refractivity contribution in [2.75, 3.05) is 0 Å². The summed E-state index contributed by atoms with van der Waals surface area (Å²) < 4.78 is 41.7. The molecule has 2 aromatic rings. The number of nitrogens with zero attached hydrogens (tertiary/aromatic N) is 3. The molecule has 0 radical (unpaired) electrons. The lowest BCUT2D eigenvalue weighted by atomic mass is 10.0. The van der Waals surface area contributed by atoms with Crippen LogP contribution in [0.1, 0.15) is 11.1 Å². The second kappa shape index (κ2) is 7.77. The molecular formula is C19H13ClF3N3O3S. The first-order valence-corrected chi connectivity index (χ1v) is 9.86. The number of fused-ring (bicyclic) bond motifs is 1. The molecule has 0 saturated heterocycles. The molecule has 2 aliphatic heterocycles. The lowest BCUT2D eigenvalue weighted by Gasteiger charge is -2.39. The van der Waals surface area contributed by atoms with E-state index in [-0.39, 0.29) is 23.6 Å². The van der Waals surface area contributed by atoms with Crippen LogP contribution in [-0.2, 0) is 11.3 Å². The van der Waals surface area contributed by atoms with Gasteiger partial charge in [-0.15, -0.1) is 13.2 Å². The van der Waals surface area contributed by atoms with Crippen molar-refractivity contribution in [3.05, 3.63) is 76.4 Å². The molecule has 156 valence electrons. The molecule has 4 rings (SSSR count). The fourth-order valence-electron chi connectivity index (χ4n) is 3.13. The Morgan fingerprint density at radius 2 is 2.07 bits per heavy atom. The largest absolute Gasteiger partial charge is 0.573 e. The van der Waals surface area contributed by atoms with Gasteiger partial charge in [0.15, 0.2) is 5.50 Å². The fourth-order valence-corrected chi connectivity index (χ4v) is 4.20. The summed E-state index contributed by atoms with van der Waals surface area (Å²) in [5, 5.41) is 13.0. The van der Waals surface area contributed by atoms with E-state index in [0.717, 1.165) is 17.7 Å². The van der Waals surface area contributed by atoms with Crippen molar-refractivity contribution < 1.29 is 27.8 Å². The van der Waals surface area contributed by atoms with Gasteiger partial charge >= 0.3 is 6.36 Å². The van der Waals surface area contributed by atoms with Gasteiger partial charge in [0.1, 0.15) is 16.5 Å². The zero-order chi connectivity index (χ0) is 21.5. The summed E-state index contributed by atoms with van der Waals surface area (Å²) in [5.74, 6) is -1.38. The minimum Gasteiger partial charge on any atom is -0.494 e. The zero-order valence-corrected chi connectivity index (χ0v) is 16.6. The zero-order valence-electron chi connectivity index (χ0n) is 15.0. The van der Waals surface area contributed by atoms with Crippen LogP contribution in [-0.4, -0.2) is 37.7 Å². The summed E-state index contributed by atoms with van der Waals surface area (Å²) in [4.78, 5) is 20.0. The molecule has 1 N–H and O–H groups in total. The Labute approximate surface area is 178 Å². The van der Waals surface area contributed by atoms with Gasteiger partial charge in [-0.25, -0.2) is 4.98 Å². The van der Waals surface area contributed by atoms with Gasteiger partial charge in [0.2, 0.25) is 5.88 Å². The van der Waals surface area contributed by atoms with Crippen molar-refractivity contribution in [2.45, 2.75) is 18.4 Å². The lowest BCUT2D eigenvalue weighted by Crippen LogP contribution is -2.49. The highest BCUT2D eigenvalue weighted by Crippen LogP contribution is 2.40. The van der Waals surface area contributed by atoms with Gasteiger partial charge in [-0.05, 0) is 34.7 Å². The molecule has 1 unspecified atom stereocenters. The number of hydrogen-bond donors (Lipinski definition) is 1. The molecule has 30 heavy (non-hydrogen) atoms. The predicted octanol–water partition coefficient (Wildman–Crippen LogP) is 4.71. The lowest BCUT2D eigenvalue weighted by molar-refractivity contribution is -0.274. The minimum atomic E-state index is -4.88. The summed E-state index contributed by atoms with van der Waals surface area (Å²) >= 11 is 7.12. The SMILES string of the molecule is O=C1C(c2cccc(OC(F)(F)F)c2)=C(O)N(Cc2ccc(Cl)nc2)C2SC=CN12. The highest BCUT2D eigenvalue weighted by molar-refractivity contribution is 8.02. The number of carbonyl (C=O) groups is 1. The maximum absolute atomic E-state index is 13.0. The number of rotatable bonds is 4. The van der Waals surface area contributed by atoms with Gasteiger partial charge in [-0.2, -0.15) is 0 Å². The monoisotopic (exact) mass is 455 g/mol. The minimum absolute atomic E-state index is 0.0993. The third kappa shape index (κ3) is 4.05. The summed E-state index contributed by atoms with van der Waals surface area (Å²) in [5.41, 5.74) is 0.156.